The van der Waals surface area contributed by atoms with Gasteiger partial charge in [0.15, 0.2) is 5.96 Å². The van der Waals surface area contributed by atoms with Crippen molar-refractivity contribution < 1.29 is 0 Å². The van der Waals surface area contributed by atoms with Crippen LogP contribution >= 0.6 is 24.0 Å². The summed E-state index contributed by atoms with van der Waals surface area (Å²) in [4.78, 5) is 7.25. The number of hydrogen-bond acceptors (Lipinski definition) is 1. The van der Waals surface area contributed by atoms with E-state index in [9.17, 15) is 0 Å². The Kier molecular flexibility index (Phi) is 5.37. The monoisotopic (exact) mass is 377 g/mol. The molecule has 0 aromatic carbocycles. The summed E-state index contributed by atoms with van der Waals surface area (Å²) in [5.74, 6) is 3.93. The van der Waals surface area contributed by atoms with Gasteiger partial charge in [-0.2, -0.15) is 0 Å². The van der Waals surface area contributed by atoms with Gasteiger partial charge < -0.3 is 10.2 Å². The van der Waals surface area contributed by atoms with Crippen LogP contribution < -0.4 is 5.32 Å². The molecule has 0 aromatic heterocycles. The zero-order valence-corrected chi connectivity index (χ0v) is 14.6. The Bertz CT molecular complexity index is 317. The molecule has 1 heterocycles. The first-order valence-electron chi connectivity index (χ1n) is 7.84. The van der Waals surface area contributed by atoms with Crippen molar-refractivity contribution in [3.63, 3.8) is 0 Å². The SMILES string of the molecule is CCN=C(NC1CC1C)N1CC2CCCCC2C1.I. The Hall–Kier alpha value is 0. The molecule has 4 atom stereocenters. The van der Waals surface area contributed by atoms with E-state index >= 15 is 0 Å². The van der Waals surface area contributed by atoms with E-state index in [0.29, 0.717) is 6.04 Å². The molecule has 1 saturated heterocycles. The van der Waals surface area contributed by atoms with Gasteiger partial charge >= 0.3 is 0 Å². The molecule has 0 amide bonds. The molecule has 3 fully saturated rings. The number of aliphatic imine (C=N–C) groups is 1. The van der Waals surface area contributed by atoms with Gasteiger partial charge in [-0.05, 0) is 43.9 Å². The summed E-state index contributed by atoms with van der Waals surface area (Å²) in [7, 11) is 0. The molecule has 3 rings (SSSR count). The smallest absolute Gasteiger partial charge is 0.194 e. The number of hydrogen-bond donors (Lipinski definition) is 1. The third kappa shape index (κ3) is 3.56. The molecule has 0 spiro atoms. The number of nitrogens with zero attached hydrogens (tertiary/aromatic N) is 2. The molecule has 1 N–H and O–H groups in total. The van der Waals surface area contributed by atoms with Crippen LogP contribution in [0.25, 0.3) is 0 Å². The fourth-order valence-electron chi connectivity index (χ4n) is 3.65. The zero-order valence-electron chi connectivity index (χ0n) is 12.3. The van der Waals surface area contributed by atoms with Crippen LogP contribution in [0.4, 0.5) is 0 Å². The van der Waals surface area contributed by atoms with Crippen LogP contribution in [-0.2, 0) is 0 Å². The number of rotatable bonds is 2. The van der Waals surface area contributed by atoms with Crippen molar-refractivity contribution in [1.82, 2.24) is 10.2 Å². The summed E-state index contributed by atoms with van der Waals surface area (Å²) in [6.07, 6.45) is 7.11. The van der Waals surface area contributed by atoms with Crippen molar-refractivity contribution in [3.05, 3.63) is 0 Å². The molecular formula is C15H28IN3. The number of fused-ring (bicyclic) bond motifs is 1. The molecule has 0 radical (unpaired) electrons. The highest BCUT2D eigenvalue weighted by Gasteiger charge is 2.38. The van der Waals surface area contributed by atoms with Crippen LogP contribution in [0.3, 0.4) is 0 Å². The molecule has 110 valence electrons. The van der Waals surface area contributed by atoms with Gasteiger partial charge in [-0.25, -0.2) is 0 Å². The summed E-state index contributed by atoms with van der Waals surface area (Å²) in [6, 6.07) is 0.693. The molecule has 0 aromatic rings. The van der Waals surface area contributed by atoms with E-state index in [-0.39, 0.29) is 24.0 Å². The van der Waals surface area contributed by atoms with Crippen molar-refractivity contribution in [3.8, 4) is 0 Å². The van der Waals surface area contributed by atoms with E-state index in [1.807, 2.05) is 0 Å². The minimum absolute atomic E-state index is 0. The highest BCUT2D eigenvalue weighted by molar-refractivity contribution is 14.0. The molecule has 4 unspecified atom stereocenters. The van der Waals surface area contributed by atoms with E-state index in [2.05, 4.69) is 24.1 Å². The third-order valence-corrected chi connectivity index (χ3v) is 5.01. The minimum atomic E-state index is 0. The lowest BCUT2D eigenvalue weighted by atomic mass is 9.82. The van der Waals surface area contributed by atoms with Gasteiger partial charge in [-0.15, -0.1) is 24.0 Å². The summed E-state index contributed by atoms with van der Waals surface area (Å²) in [6.45, 7) is 7.86. The largest absolute Gasteiger partial charge is 0.353 e. The molecule has 4 heteroatoms. The molecule has 0 bridgehead atoms. The predicted molar refractivity (Wildman–Crippen MR) is 91.1 cm³/mol. The van der Waals surface area contributed by atoms with Crippen molar-refractivity contribution >= 4 is 29.9 Å². The predicted octanol–water partition coefficient (Wildman–Crippen LogP) is 3.10. The molecule has 3 nitrogen and oxygen atoms in total. The molecule has 19 heavy (non-hydrogen) atoms. The Morgan fingerprint density at radius 3 is 2.26 bits per heavy atom. The van der Waals surface area contributed by atoms with E-state index in [1.54, 1.807) is 0 Å². The number of guanidine groups is 1. The number of halogens is 1. The van der Waals surface area contributed by atoms with Crippen LogP contribution in [0.15, 0.2) is 4.99 Å². The number of likely N-dealkylation sites (tertiary alicyclic amines) is 1. The first-order valence-corrected chi connectivity index (χ1v) is 7.84. The summed E-state index contributed by atoms with van der Waals surface area (Å²) in [5, 5.41) is 3.67. The minimum Gasteiger partial charge on any atom is -0.353 e. The van der Waals surface area contributed by atoms with Gasteiger partial charge in [-0.3, -0.25) is 4.99 Å². The lowest BCUT2D eigenvalue weighted by molar-refractivity contribution is 0.299. The molecule has 2 aliphatic carbocycles. The standard InChI is InChI=1S/C15H27N3.HI/c1-3-16-15(17-14-8-11(14)2)18-9-12-6-4-5-7-13(12)10-18;/h11-14H,3-10H2,1-2H3,(H,16,17);1H. The van der Waals surface area contributed by atoms with E-state index < -0.39 is 0 Å². The van der Waals surface area contributed by atoms with Gasteiger partial charge in [0.25, 0.3) is 0 Å². The normalized spacial score (nSPS) is 37.6. The van der Waals surface area contributed by atoms with Gasteiger partial charge in [0.2, 0.25) is 0 Å². The molecule has 2 saturated carbocycles. The Labute approximate surface area is 134 Å². The van der Waals surface area contributed by atoms with Crippen LogP contribution in [-0.4, -0.2) is 36.5 Å². The zero-order chi connectivity index (χ0) is 12.5. The maximum Gasteiger partial charge on any atom is 0.194 e. The maximum absolute atomic E-state index is 4.71. The summed E-state index contributed by atoms with van der Waals surface area (Å²) < 4.78 is 0. The second-order valence-electron chi connectivity index (χ2n) is 6.47. The van der Waals surface area contributed by atoms with E-state index in [4.69, 9.17) is 4.99 Å². The molecule has 1 aliphatic heterocycles. The lowest BCUT2D eigenvalue weighted by Gasteiger charge is -2.22. The Morgan fingerprint density at radius 1 is 1.21 bits per heavy atom. The summed E-state index contributed by atoms with van der Waals surface area (Å²) in [5.41, 5.74) is 0. The van der Waals surface area contributed by atoms with Crippen molar-refractivity contribution in [1.29, 1.82) is 0 Å². The average molecular weight is 377 g/mol. The summed E-state index contributed by atoms with van der Waals surface area (Å²) >= 11 is 0. The first kappa shape index (κ1) is 15.4. The Balaban J connectivity index is 0.00000133. The maximum atomic E-state index is 4.71. The fourth-order valence-corrected chi connectivity index (χ4v) is 3.65. The van der Waals surface area contributed by atoms with Crippen molar-refractivity contribution in [2.75, 3.05) is 19.6 Å². The average Bonchev–Trinajstić information content (AvgIpc) is 2.92. The van der Waals surface area contributed by atoms with Crippen LogP contribution in [0.1, 0.15) is 46.0 Å². The first-order chi connectivity index (χ1) is 8.78. The third-order valence-electron chi connectivity index (χ3n) is 5.01. The van der Waals surface area contributed by atoms with E-state index in [1.165, 1.54) is 51.2 Å². The van der Waals surface area contributed by atoms with Crippen LogP contribution in [0.2, 0.25) is 0 Å². The van der Waals surface area contributed by atoms with Crippen molar-refractivity contribution in [2.24, 2.45) is 22.7 Å². The second kappa shape index (κ2) is 6.64. The topological polar surface area (TPSA) is 27.6 Å². The van der Waals surface area contributed by atoms with Gasteiger partial charge in [0.1, 0.15) is 0 Å². The van der Waals surface area contributed by atoms with Gasteiger partial charge in [0.05, 0.1) is 0 Å². The van der Waals surface area contributed by atoms with Crippen LogP contribution in [0.5, 0.6) is 0 Å². The van der Waals surface area contributed by atoms with Gasteiger partial charge in [-0.1, -0.05) is 19.8 Å². The highest BCUT2D eigenvalue weighted by Crippen LogP contribution is 2.36. The number of nitrogens with one attached hydrogen (secondary N) is 1. The van der Waals surface area contributed by atoms with Crippen molar-refractivity contribution in [2.45, 2.75) is 52.0 Å². The second-order valence-corrected chi connectivity index (χ2v) is 6.47. The highest BCUT2D eigenvalue weighted by atomic mass is 127. The fraction of sp³-hybridized carbons (Fsp3) is 0.933. The van der Waals surface area contributed by atoms with Crippen LogP contribution in [0, 0.1) is 17.8 Å². The molecule has 3 aliphatic rings. The Morgan fingerprint density at radius 2 is 1.79 bits per heavy atom. The van der Waals surface area contributed by atoms with Gasteiger partial charge in [0, 0.05) is 25.7 Å². The quantitative estimate of drug-likeness (QED) is 0.455. The van der Waals surface area contributed by atoms with E-state index in [0.717, 1.165) is 24.3 Å². The molecular weight excluding hydrogens is 349 g/mol. The lowest BCUT2D eigenvalue weighted by Crippen LogP contribution is -2.42.